The fourth-order valence-corrected chi connectivity index (χ4v) is 4.77. The van der Waals surface area contributed by atoms with Crippen molar-refractivity contribution in [3.05, 3.63) is 89.0 Å². The Hall–Kier alpha value is -4.26. The number of amides is 1. The summed E-state index contributed by atoms with van der Waals surface area (Å²) in [6.07, 6.45) is 0.833. The number of hydrogen-bond donors (Lipinski definition) is 1. The van der Waals surface area contributed by atoms with Crippen LogP contribution < -0.4 is 19.1 Å². The maximum absolute atomic E-state index is 13.6. The fourth-order valence-electron chi connectivity index (χ4n) is 4.77. The number of carbonyl (C=O) groups is 2. The van der Waals surface area contributed by atoms with E-state index in [1.807, 2.05) is 52.0 Å². The normalized spacial score (nSPS) is 16.9. The molecule has 1 unspecified atom stereocenters. The van der Waals surface area contributed by atoms with Gasteiger partial charge in [-0.2, -0.15) is 0 Å². The highest BCUT2D eigenvalue weighted by Crippen LogP contribution is 2.44. The number of benzene rings is 3. The summed E-state index contributed by atoms with van der Waals surface area (Å²) in [6.45, 7) is 8.66. The lowest BCUT2D eigenvalue weighted by molar-refractivity contribution is -0.132. The van der Waals surface area contributed by atoms with Crippen molar-refractivity contribution in [1.82, 2.24) is 0 Å². The number of aliphatic hydroxyl groups is 1. The van der Waals surface area contributed by atoms with Crippen LogP contribution in [0.2, 0.25) is 0 Å². The fraction of sp³-hybridized carbons (Fsp3) is 0.312. The van der Waals surface area contributed by atoms with Gasteiger partial charge in [0.25, 0.3) is 11.7 Å². The number of nitrogens with zero attached hydrogens (tertiary/aromatic N) is 1. The molecule has 0 radical (unpaired) electrons. The van der Waals surface area contributed by atoms with Crippen molar-refractivity contribution in [2.24, 2.45) is 0 Å². The number of methoxy groups -OCH3 is 2. The number of hydrogen-bond acceptors (Lipinski definition) is 6. The minimum absolute atomic E-state index is 0.000451. The van der Waals surface area contributed by atoms with Crippen molar-refractivity contribution in [3.63, 3.8) is 0 Å². The Labute approximate surface area is 229 Å². The summed E-state index contributed by atoms with van der Waals surface area (Å²) in [5.41, 5.74) is 2.11. The van der Waals surface area contributed by atoms with Crippen LogP contribution in [0.5, 0.6) is 17.2 Å². The molecule has 1 amide bonds. The number of anilines is 1. The second kappa shape index (κ2) is 11.2. The van der Waals surface area contributed by atoms with E-state index in [9.17, 15) is 14.7 Å². The molecule has 0 bridgehead atoms. The Morgan fingerprint density at radius 1 is 0.923 bits per heavy atom. The number of rotatable bonds is 8. The highest BCUT2D eigenvalue weighted by atomic mass is 16.5. The first-order valence-electron chi connectivity index (χ1n) is 13.0. The zero-order chi connectivity index (χ0) is 28.3. The van der Waals surface area contributed by atoms with E-state index in [1.54, 1.807) is 49.6 Å². The van der Waals surface area contributed by atoms with Crippen molar-refractivity contribution < 1.29 is 28.9 Å². The predicted octanol–water partition coefficient (Wildman–Crippen LogP) is 6.42. The van der Waals surface area contributed by atoms with Crippen molar-refractivity contribution in [2.75, 3.05) is 25.7 Å². The van der Waals surface area contributed by atoms with Crippen LogP contribution in [0, 0.1) is 0 Å². The topological polar surface area (TPSA) is 85.3 Å². The molecule has 1 aliphatic rings. The van der Waals surface area contributed by atoms with Gasteiger partial charge in [0.15, 0.2) is 0 Å². The van der Waals surface area contributed by atoms with Gasteiger partial charge in [0, 0.05) is 22.9 Å². The number of aliphatic hydroxyl groups excluding tert-OH is 1. The molecule has 7 heteroatoms. The van der Waals surface area contributed by atoms with E-state index >= 15 is 0 Å². The monoisotopic (exact) mass is 529 g/mol. The largest absolute Gasteiger partial charge is 0.507 e. The molecule has 39 heavy (non-hydrogen) atoms. The van der Waals surface area contributed by atoms with Gasteiger partial charge in [-0.15, -0.1) is 0 Å². The van der Waals surface area contributed by atoms with Crippen LogP contribution >= 0.6 is 0 Å². The Bertz CT molecular complexity index is 1420. The summed E-state index contributed by atoms with van der Waals surface area (Å²) < 4.78 is 16.8. The quantitative estimate of drug-likeness (QED) is 0.206. The average molecular weight is 530 g/mol. The Balaban J connectivity index is 1.95. The number of carbonyl (C=O) groups excluding carboxylic acids is 2. The molecule has 1 heterocycles. The number of Topliss-reactive ketones (excluding diaryl/α,β-unsaturated/α-hetero) is 1. The minimum atomic E-state index is -0.887. The van der Waals surface area contributed by atoms with Crippen molar-refractivity contribution in [1.29, 1.82) is 0 Å². The minimum Gasteiger partial charge on any atom is -0.507 e. The molecule has 1 N–H and O–H groups in total. The third-order valence-electron chi connectivity index (χ3n) is 6.70. The van der Waals surface area contributed by atoms with Crippen LogP contribution in [0.3, 0.4) is 0 Å². The van der Waals surface area contributed by atoms with Crippen LogP contribution in [0.4, 0.5) is 5.69 Å². The molecule has 1 aliphatic heterocycles. The second-order valence-corrected chi connectivity index (χ2v) is 10.5. The van der Waals surface area contributed by atoms with E-state index in [-0.39, 0.29) is 16.7 Å². The van der Waals surface area contributed by atoms with Crippen LogP contribution in [0.1, 0.15) is 56.8 Å². The standard InChI is InChI=1S/C32H35NO6/c1-7-16-39-24-13-8-10-20(17-24)28-27(29(34)21-14-15-26(38-6)25(18-21)32(2,3)4)30(35)31(36)33(28)22-11-9-12-23(19-22)37-5/h8-15,17-19,28,34H,7,16H2,1-6H3/b29-27+. The molecule has 0 aromatic heterocycles. The van der Waals surface area contributed by atoms with E-state index in [1.165, 1.54) is 12.0 Å². The first-order valence-corrected chi connectivity index (χ1v) is 13.0. The molecule has 1 saturated heterocycles. The van der Waals surface area contributed by atoms with Gasteiger partial charge in [-0.1, -0.05) is 45.9 Å². The van der Waals surface area contributed by atoms with E-state index in [2.05, 4.69) is 0 Å². The summed E-state index contributed by atoms with van der Waals surface area (Å²) in [7, 11) is 3.13. The van der Waals surface area contributed by atoms with Gasteiger partial charge in [0.05, 0.1) is 32.4 Å². The van der Waals surface area contributed by atoms with Gasteiger partial charge in [0.1, 0.15) is 23.0 Å². The lowest BCUT2D eigenvalue weighted by atomic mass is 9.84. The summed E-state index contributed by atoms with van der Waals surface area (Å²) in [5.74, 6) is 0.0701. The van der Waals surface area contributed by atoms with Crippen molar-refractivity contribution in [2.45, 2.75) is 45.6 Å². The summed E-state index contributed by atoms with van der Waals surface area (Å²) in [6, 6.07) is 18.6. The lowest BCUT2D eigenvalue weighted by Gasteiger charge is -2.26. The summed E-state index contributed by atoms with van der Waals surface area (Å²) >= 11 is 0. The zero-order valence-corrected chi connectivity index (χ0v) is 23.3. The average Bonchev–Trinajstić information content (AvgIpc) is 3.20. The van der Waals surface area contributed by atoms with Gasteiger partial charge in [-0.05, 0) is 59.9 Å². The van der Waals surface area contributed by atoms with Crippen LogP contribution in [0.25, 0.3) is 5.76 Å². The third kappa shape index (κ3) is 5.48. The van der Waals surface area contributed by atoms with Crippen LogP contribution in [-0.2, 0) is 15.0 Å². The maximum atomic E-state index is 13.6. The Morgan fingerprint density at radius 2 is 1.64 bits per heavy atom. The molecule has 204 valence electrons. The van der Waals surface area contributed by atoms with Gasteiger partial charge < -0.3 is 19.3 Å². The first kappa shape index (κ1) is 27.8. The molecule has 4 rings (SSSR count). The van der Waals surface area contributed by atoms with Gasteiger partial charge in [0.2, 0.25) is 0 Å². The van der Waals surface area contributed by atoms with E-state index in [4.69, 9.17) is 14.2 Å². The summed E-state index contributed by atoms with van der Waals surface area (Å²) in [4.78, 5) is 28.6. The molecule has 0 spiro atoms. The molecule has 1 atom stereocenters. The smallest absolute Gasteiger partial charge is 0.300 e. The molecule has 0 aliphatic carbocycles. The highest BCUT2D eigenvalue weighted by Gasteiger charge is 2.47. The third-order valence-corrected chi connectivity index (χ3v) is 6.70. The molecule has 1 fully saturated rings. The van der Waals surface area contributed by atoms with E-state index in [0.29, 0.717) is 40.7 Å². The van der Waals surface area contributed by atoms with Gasteiger partial charge in [-0.3, -0.25) is 14.5 Å². The Morgan fingerprint density at radius 3 is 2.31 bits per heavy atom. The number of ketones is 1. The molecule has 3 aromatic carbocycles. The first-order chi connectivity index (χ1) is 18.6. The molecular weight excluding hydrogens is 494 g/mol. The Kier molecular flexibility index (Phi) is 8.00. The van der Waals surface area contributed by atoms with E-state index in [0.717, 1.165) is 12.0 Å². The second-order valence-electron chi connectivity index (χ2n) is 10.5. The van der Waals surface area contributed by atoms with Crippen LogP contribution in [-0.4, -0.2) is 37.6 Å². The van der Waals surface area contributed by atoms with E-state index < -0.39 is 17.7 Å². The molecule has 0 saturated carbocycles. The SMILES string of the molecule is CCCOc1cccc(C2/C(=C(\O)c3ccc(OC)c(C(C)(C)C)c3)C(=O)C(=O)N2c2cccc(OC)c2)c1. The van der Waals surface area contributed by atoms with Crippen molar-refractivity contribution in [3.8, 4) is 17.2 Å². The molecule has 7 nitrogen and oxygen atoms in total. The van der Waals surface area contributed by atoms with Gasteiger partial charge >= 0.3 is 0 Å². The maximum Gasteiger partial charge on any atom is 0.300 e. The highest BCUT2D eigenvalue weighted by molar-refractivity contribution is 6.51. The van der Waals surface area contributed by atoms with Crippen LogP contribution in [0.15, 0.2) is 72.3 Å². The lowest BCUT2D eigenvalue weighted by Crippen LogP contribution is -2.29. The predicted molar refractivity (Wildman–Crippen MR) is 152 cm³/mol. The van der Waals surface area contributed by atoms with Crippen molar-refractivity contribution >= 4 is 23.1 Å². The molecule has 3 aromatic rings. The molecular formula is C32H35NO6. The zero-order valence-electron chi connectivity index (χ0n) is 23.3. The number of ether oxygens (including phenoxy) is 3. The van der Waals surface area contributed by atoms with Gasteiger partial charge in [-0.25, -0.2) is 0 Å². The summed E-state index contributed by atoms with van der Waals surface area (Å²) in [5, 5.41) is 11.7.